The second kappa shape index (κ2) is 10.3. The quantitative estimate of drug-likeness (QED) is 0.595. The van der Waals surface area contributed by atoms with Crippen LogP contribution in [0.15, 0.2) is 53.3 Å². The number of anilines is 1. The number of nitrogens with zero attached hydrogens (tertiary/aromatic N) is 4. The van der Waals surface area contributed by atoms with E-state index in [1.54, 1.807) is 4.57 Å². The van der Waals surface area contributed by atoms with E-state index >= 15 is 0 Å². The zero-order valence-electron chi connectivity index (χ0n) is 20.3. The molecule has 0 saturated carbocycles. The molecule has 2 amide bonds. The first-order chi connectivity index (χ1) is 16.4. The molecule has 2 unspecified atom stereocenters. The number of fused-ring (bicyclic) bond motifs is 1. The molecular formula is C26H33N5O3. The van der Waals surface area contributed by atoms with Crippen LogP contribution >= 0.6 is 0 Å². The summed E-state index contributed by atoms with van der Waals surface area (Å²) in [5, 5.41) is 3.63. The van der Waals surface area contributed by atoms with Crippen molar-refractivity contribution in [2.45, 2.75) is 46.3 Å². The van der Waals surface area contributed by atoms with Crippen LogP contribution in [0.5, 0.6) is 5.75 Å². The van der Waals surface area contributed by atoms with E-state index in [4.69, 9.17) is 9.72 Å². The van der Waals surface area contributed by atoms with Crippen LogP contribution in [0, 0.1) is 0 Å². The van der Waals surface area contributed by atoms with Crippen LogP contribution in [0.4, 0.5) is 10.5 Å². The van der Waals surface area contributed by atoms with Gasteiger partial charge in [-0.25, -0.2) is 9.78 Å². The first-order valence-corrected chi connectivity index (χ1v) is 12.0. The van der Waals surface area contributed by atoms with Crippen molar-refractivity contribution in [3.05, 3.63) is 64.7 Å². The number of hydrogen-bond donors (Lipinski definition) is 1. The van der Waals surface area contributed by atoms with E-state index in [2.05, 4.69) is 24.1 Å². The van der Waals surface area contributed by atoms with Crippen molar-refractivity contribution in [1.82, 2.24) is 19.4 Å². The molecule has 0 bridgehead atoms. The van der Waals surface area contributed by atoms with Gasteiger partial charge in [-0.3, -0.25) is 14.3 Å². The number of nitrogens with one attached hydrogen (secondary N) is 1. The van der Waals surface area contributed by atoms with Crippen LogP contribution in [0.25, 0.3) is 10.9 Å². The van der Waals surface area contributed by atoms with Crippen LogP contribution < -0.4 is 15.6 Å². The van der Waals surface area contributed by atoms with Gasteiger partial charge in [0.25, 0.3) is 5.56 Å². The molecule has 8 nitrogen and oxygen atoms in total. The minimum absolute atomic E-state index is 0.00336. The van der Waals surface area contributed by atoms with Crippen molar-refractivity contribution in [2.24, 2.45) is 0 Å². The van der Waals surface area contributed by atoms with E-state index in [0.29, 0.717) is 38.2 Å². The SMILES string of the molecule is CCOc1ccc(NC(=O)N2CCN(C(C)c3nc4ccccc4c(=O)n3CC)CC2C)cc1. The van der Waals surface area contributed by atoms with Gasteiger partial charge in [0, 0.05) is 37.9 Å². The van der Waals surface area contributed by atoms with Gasteiger partial charge in [0.1, 0.15) is 11.6 Å². The fourth-order valence-electron chi connectivity index (χ4n) is 4.61. The number of aromatic nitrogens is 2. The standard InChI is InChI=1S/C26H33N5O3/c1-5-30-24(28-23-10-8-7-9-22(23)25(30)32)19(4)29-15-16-31(18(3)17-29)26(33)27-20-11-13-21(14-12-20)34-6-2/h7-14,18-19H,5-6,15-17H2,1-4H3,(H,27,33). The fourth-order valence-corrected chi connectivity index (χ4v) is 4.61. The highest BCUT2D eigenvalue weighted by atomic mass is 16.5. The van der Waals surface area contributed by atoms with E-state index in [-0.39, 0.29) is 23.7 Å². The zero-order valence-corrected chi connectivity index (χ0v) is 20.3. The molecule has 3 aromatic rings. The number of para-hydroxylation sites is 1. The van der Waals surface area contributed by atoms with Gasteiger partial charge in [-0.2, -0.15) is 0 Å². The first-order valence-electron chi connectivity index (χ1n) is 12.0. The van der Waals surface area contributed by atoms with E-state index in [1.807, 2.05) is 67.3 Å². The van der Waals surface area contributed by atoms with Gasteiger partial charge < -0.3 is 15.0 Å². The number of amides is 2. The molecule has 1 saturated heterocycles. The molecule has 1 aliphatic heterocycles. The average Bonchev–Trinajstić information content (AvgIpc) is 2.84. The van der Waals surface area contributed by atoms with E-state index in [0.717, 1.165) is 22.8 Å². The van der Waals surface area contributed by atoms with Crippen molar-refractivity contribution in [3.8, 4) is 5.75 Å². The second-order valence-corrected chi connectivity index (χ2v) is 8.64. The minimum atomic E-state index is -0.113. The number of hydrogen-bond acceptors (Lipinski definition) is 5. The fraction of sp³-hybridized carbons (Fsp3) is 0.423. The minimum Gasteiger partial charge on any atom is -0.494 e. The molecule has 1 aromatic heterocycles. The third-order valence-corrected chi connectivity index (χ3v) is 6.47. The lowest BCUT2D eigenvalue weighted by Gasteiger charge is -2.42. The van der Waals surface area contributed by atoms with E-state index < -0.39 is 0 Å². The molecule has 1 fully saturated rings. The third kappa shape index (κ3) is 4.77. The van der Waals surface area contributed by atoms with Gasteiger partial charge in [0.05, 0.1) is 23.6 Å². The van der Waals surface area contributed by atoms with Gasteiger partial charge in [0.15, 0.2) is 0 Å². The lowest BCUT2D eigenvalue weighted by Crippen LogP contribution is -2.55. The highest BCUT2D eigenvalue weighted by Gasteiger charge is 2.31. The summed E-state index contributed by atoms with van der Waals surface area (Å²) in [6.45, 7) is 11.2. The van der Waals surface area contributed by atoms with E-state index in [9.17, 15) is 9.59 Å². The lowest BCUT2D eigenvalue weighted by molar-refractivity contribution is 0.0793. The van der Waals surface area contributed by atoms with Crippen molar-refractivity contribution in [1.29, 1.82) is 0 Å². The predicted octanol–water partition coefficient (Wildman–Crippen LogP) is 4.11. The smallest absolute Gasteiger partial charge is 0.322 e. The lowest BCUT2D eigenvalue weighted by atomic mass is 10.1. The number of urea groups is 1. The van der Waals surface area contributed by atoms with Crippen LogP contribution in [-0.2, 0) is 6.54 Å². The van der Waals surface area contributed by atoms with Gasteiger partial charge >= 0.3 is 6.03 Å². The number of piperazine rings is 1. The summed E-state index contributed by atoms with van der Waals surface area (Å²) in [4.78, 5) is 35.0. The van der Waals surface area contributed by atoms with Crippen molar-refractivity contribution < 1.29 is 9.53 Å². The highest BCUT2D eigenvalue weighted by Crippen LogP contribution is 2.24. The summed E-state index contributed by atoms with van der Waals surface area (Å²) in [6, 6.07) is 14.8. The summed E-state index contributed by atoms with van der Waals surface area (Å²) in [5.74, 6) is 1.55. The summed E-state index contributed by atoms with van der Waals surface area (Å²) in [5.41, 5.74) is 1.46. The summed E-state index contributed by atoms with van der Waals surface area (Å²) < 4.78 is 7.23. The molecule has 0 spiro atoms. The Morgan fingerprint density at radius 1 is 1.15 bits per heavy atom. The maximum absolute atomic E-state index is 13.0. The third-order valence-electron chi connectivity index (χ3n) is 6.47. The number of carbonyl (C=O) groups is 1. The molecule has 1 N–H and O–H groups in total. The van der Waals surface area contributed by atoms with Crippen LogP contribution in [-0.4, -0.2) is 57.7 Å². The Balaban J connectivity index is 1.46. The Morgan fingerprint density at radius 2 is 1.88 bits per heavy atom. The Hall–Kier alpha value is -3.39. The van der Waals surface area contributed by atoms with Gasteiger partial charge in [-0.15, -0.1) is 0 Å². The molecule has 1 aliphatic rings. The normalized spacial score (nSPS) is 17.5. The van der Waals surface area contributed by atoms with Crippen LogP contribution in [0.2, 0.25) is 0 Å². The van der Waals surface area contributed by atoms with Gasteiger partial charge in [-0.1, -0.05) is 12.1 Å². The monoisotopic (exact) mass is 463 g/mol. The van der Waals surface area contributed by atoms with Crippen molar-refractivity contribution in [2.75, 3.05) is 31.6 Å². The molecule has 0 aliphatic carbocycles. The van der Waals surface area contributed by atoms with Crippen molar-refractivity contribution in [3.63, 3.8) is 0 Å². The van der Waals surface area contributed by atoms with Gasteiger partial charge in [-0.05, 0) is 64.1 Å². The number of rotatable bonds is 6. The molecule has 4 rings (SSSR count). The van der Waals surface area contributed by atoms with Crippen LogP contribution in [0.1, 0.15) is 39.6 Å². The molecule has 0 radical (unpaired) electrons. The Labute approximate surface area is 200 Å². The molecule has 8 heteroatoms. The Kier molecular flexibility index (Phi) is 7.17. The maximum atomic E-state index is 13.0. The zero-order chi connectivity index (χ0) is 24.2. The first kappa shape index (κ1) is 23.8. The molecule has 2 atom stereocenters. The summed E-state index contributed by atoms with van der Waals surface area (Å²) >= 11 is 0. The average molecular weight is 464 g/mol. The maximum Gasteiger partial charge on any atom is 0.322 e. The molecule has 34 heavy (non-hydrogen) atoms. The topological polar surface area (TPSA) is 79.7 Å². The molecule has 180 valence electrons. The summed E-state index contributed by atoms with van der Waals surface area (Å²) in [7, 11) is 0. The number of benzene rings is 2. The largest absolute Gasteiger partial charge is 0.494 e. The molecule has 2 aromatic carbocycles. The number of carbonyl (C=O) groups excluding carboxylic acids is 1. The second-order valence-electron chi connectivity index (χ2n) is 8.64. The Bertz CT molecular complexity index is 1210. The number of ether oxygens (including phenoxy) is 1. The highest BCUT2D eigenvalue weighted by molar-refractivity contribution is 5.89. The predicted molar refractivity (Wildman–Crippen MR) is 134 cm³/mol. The Morgan fingerprint density at radius 3 is 2.56 bits per heavy atom. The van der Waals surface area contributed by atoms with Gasteiger partial charge in [0.2, 0.25) is 0 Å². The van der Waals surface area contributed by atoms with E-state index in [1.165, 1.54) is 0 Å². The van der Waals surface area contributed by atoms with Crippen molar-refractivity contribution >= 4 is 22.6 Å². The summed E-state index contributed by atoms with van der Waals surface area (Å²) in [6.07, 6.45) is 0. The molecule has 2 heterocycles. The van der Waals surface area contributed by atoms with Crippen LogP contribution in [0.3, 0.4) is 0 Å². The molecular weight excluding hydrogens is 430 g/mol.